The molecule has 0 aliphatic carbocycles. The largest absolute Gasteiger partial charge is 0.471 e. The second-order valence-electron chi connectivity index (χ2n) is 8.13. The lowest BCUT2D eigenvalue weighted by molar-refractivity contribution is -0.186. The van der Waals surface area contributed by atoms with Gasteiger partial charge in [-0.3, -0.25) is 14.5 Å². The molecule has 1 aromatic rings. The first-order chi connectivity index (χ1) is 14.3. The van der Waals surface area contributed by atoms with Gasteiger partial charge in [0.25, 0.3) is 0 Å². The highest BCUT2D eigenvalue weighted by Crippen LogP contribution is 2.25. The van der Waals surface area contributed by atoms with Gasteiger partial charge < -0.3 is 15.1 Å². The Kier molecular flexibility index (Phi) is 7.36. The number of benzene rings is 1. The maximum absolute atomic E-state index is 13.1. The average Bonchev–Trinajstić information content (AvgIpc) is 2.74. The van der Waals surface area contributed by atoms with Gasteiger partial charge in [0.2, 0.25) is 5.91 Å². The zero-order chi connectivity index (χ0) is 21.7. The summed E-state index contributed by atoms with van der Waals surface area (Å²) in [6, 6.07) is 9.26. The SMILES string of the molecule is CN1CCN(C(C(=O)NCC2CCN(C(=O)C(F)(F)F)CC2)c2ccccc2)CC1. The van der Waals surface area contributed by atoms with Crippen molar-refractivity contribution in [2.24, 2.45) is 5.92 Å². The first-order valence-electron chi connectivity index (χ1n) is 10.4. The smallest absolute Gasteiger partial charge is 0.354 e. The molecule has 0 saturated carbocycles. The molecule has 2 amide bonds. The summed E-state index contributed by atoms with van der Waals surface area (Å²) in [5.41, 5.74) is 0.935. The first kappa shape index (κ1) is 22.6. The van der Waals surface area contributed by atoms with E-state index < -0.39 is 12.1 Å². The van der Waals surface area contributed by atoms with Crippen molar-refractivity contribution in [1.82, 2.24) is 20.0 Å². The molecule has 1 N–H and O–H groups in total. The van der Waals surface area contributed by atoms with E-state index in [1.807, 2.05) is 30.3 Å². The van der Waals surface area contributed by atoms with Gasteiger partial charge in [0, 0.05) is 45.8 Å². The van der Waals surface area contributed by atoms with Crippen LogP contribution in [0.15, 0.2) is 30.3 Å². The highest BCUT2D eigenvalue weighted by Gasteiger charge is 2.43. The van der Waals surface area contributed by atoms with Gasteiger partial charge in [-0.15, -0.1) is 0 Å². The number of carbonyl (C=O) groups is 2. The van der Waals surface area contributed by atoms with E-state index in [2.05, 4.69) is 22.2 Å². The lowest BCUT2D eigenvalue weighted by Crippen LogP contribution is -2.51. The minimum atomic E-state index is -4.83. The van der Waals surface area contributed by atoms with Crippen LogP contribution < -0.4 is 5.32 Å². The number of piperazine rings is 1. The number of rotatable bonds is 5. The van der Waals surface area contributed by atoms with Crippen LogP contribution in [0.4, 0.5) is 13.2 Å². The van der Waals surface area contributed by atoms with E-state index in [1.54, 1.807) is 0 Å². The van der Waals surface area contributed by atoms with Gasteiger partial charge in [0.05, 0.1) is 0 Å². The molecule has 2 aliphatic rings. The average molecular weight is 426 g/mol. The van der Waals surface area contributed by atoms with E-state index in [9.17, 15) is 22.8 Å². The number of likely N-dealkylation sites (tertiary alicyclic amines) is 1. The first-order valence-corrected chi connectivity index (χ1v) is 10.4. The number of alkyl halides is 3. The fraction of sp³-hybridized carbons (Fsp3) is 0.619. The number of nitrogens with zero attached hydrogens (tertiary/aromatic N) is 3. The number of nitrogens with one attached hydrogen (secondary N) is 1. The lowest BCUT2D eigenvalue weighted by atomic mass is 9.96. The number of hydrogen-bond donors (Lipinski definition) is 1. The van der Waals surface area contributed by atoms with Crippen molar-refractivity contribution in [2.45, 2.75) is 25.1 Å². The van der Waals surface area contributed by atoms with Gasteiger partial charge >= 0.3 is 12.1 Å². The minimum absolute atomic E-state index is 0.0650. The third-order valence-corrected chi connectivity index (χ3v) is 5.98. The van der Waals surface area contributed by atoms with Crippen LogP contribution in [0.3, 0.4) is 0 Å². The Morgan fingerprint density at radius 1 is 1.03 bits per heavy atom. The maximum Gasteiger partial charge on any atom is 0.471 e. The second-order valence-corrected chi connectivity index (χ2v) is 8.13. The van der Waals surface area contributed by atoms with Gasteiger partial charge in [-0.05, 0) is 31.4 Å². The number of amides is 2. The van der Waals surface area contributed by atoms with Gasteiger partial charge in [0.15, 0.2) is 0 Å². The Bertz CT molecular complexity index is 713. The molecule has 2 aliphatic heterocycles. The van der Waals surface area contributed by atoms with Crippen molar-refractivity contribution in [2.75, 3.05) is 52.9 Å². The quantitative estimate of drug-likeness (QED) is 0.782. The van der Waals surface area contributed by atoms with E-state index in [-0.39, 0.29) is 31.0 Å². The van der Waals surface area contributed by atoms with Crippen LogP contribution >= 0.6 is 0 Å². The zero-order valence-electron chi connectivity index (χ0n) is 17.2. The molecule has 2 heterocycles. The molecule has 6 nitrogen and oxygen atoms in total. The van der Waals surface area contributed by atoms with Crippen molar-refractivity contribution in [3.8, 4) is 0 Å². The molecular weight excluding hydrogens is 397 g/mol. The lowest BCUT2D eigenvalue weighted by Gasteiger charge is -2.38. The summed E-state index contributed by atoms with van der Waals surface area (Å²) in [6.45, 7) is 3.91. The second kappa shape index (κ2) is 9.78. The summed E-state index contributed by atoms with van der Waals surface area (Å²) in [7, 11) is 2.06. The highest BCUT2D eigenvalue weighted by molar-refractivity contribution is 5.83. The molecular formula is C21H29F3N4O2. The maximum atomic E-state index is 13.1. The fourth-order valence-corrected chi connectivity index (χ4v) is 4.10. The molecule has 1 atom stereocenters. The van der Waals surface area contributed by atoms with Crippen molar-refractivity contribution in [3.63, 3.8) is 0 Å². The molecule has 0 aromatic heterocycles. The molecule has 0 radical (unpaired) electrons. The Hall–Kier alpha value is -2.13. The molecule has 2 saturated heterocycles. The van der Waals surface area contributed by atoms with Crippen LogP contribution in [0.25, 0.3) is 0 Å². The molecule has 30 heavy (non-hydrogen) atoms. The predicted molar refractivity (Wildman–Crippen MR) is 107 cm³/mol. The third-order valence-electron chi connectivity index (χ3n) is 5.98. The molecule has 1 aromatic carbocycles. The summed E-state index contributed by atoms with van der Waals surface area (Å²) in [5.74, 6) is -1.79. The van der Waals surface area contributed by atoms with Crippen molar-refractivity contribution >= 4 is 11.8 Å². The van der Waals surface area contributed by atoms with Crippen LogP contribution in [-0.4, -0.2) is 85.6 Å². The summed E-state index contributed by atoms with van der Waals surface area (Å²) >= 11 is 0. The number of piperidine rings is 1. The Morgan fingerprint density at radius 3 is 2.20 bits per heavy atom. The molecule has 0 spiro atoms. The van der Waals surface area contributed by atoms with Crippen LogP contribution in [0.1, 0.15) is 24.4 Å². The number of likely N-dealkylation sites (N-methyl/N-ethyl adjacent to an activating group) is 1. The zero-order valence-corrected chi connectivity index (χ0v) is 17.2. The highest BCUT2D eigenvalue weighted by atomic mass is 19.4. The molecule has 0 bridgehead atoms. The molecule has 1 unspecified atom stereocenters. The van der Waals surface area contributed by atoms with Gasteiger partial charge in [-0.25, -0.2) is 0 Å². The van der Waals surface area contributed by atoms with E-state index in [0.29, 0.717) is 19.4 Å². The minimum Gasteiger partial charge on any atom is -0.354 e. The Balaban J connectivity index is 1.56. The van der Waals surface area contributed by atoms with Crippen LogP contribution in [0.2, 0.25) is 0 Å². The summed E-state index contributed by atoms with van der Waals surface area (Å²) in [6.07, 6.45) is -3.92. The van der Waals surface area contributed by atoms with E-state index in [4.69, 9.17) is 0 Å². The summed E-state index contributed by atoms with van der Waals surface area (Å²) < 4.78 is 37.7. The predicted octanol–water partition coefficient (Wildman–Crippen LogP) is 1.89. The van der Waals surface area contributed by atoms with Gasteiger partial charge in [-0.2, -0.15) is 13.2 Å². The van der Waals surface area contributed by atoms with Crippen LogP contribution in [-0.2, 0) is 9.59 Å². The summed E-state index contributed by atoms with van der Waals surface area (Å²) in [5, 5.41) is 3.01. The Morgan fingerprint density at radius 2 is 1.63 bits per heavy atom. The molecule has 2 fully saturated rings. The standard InChI is InChI=1S/C21H29F3N4O2/c1-26-11-13-27(14-12-26)18(17-5-3-2-4-6-17)19(29)25-15-16-7-9-28(10-8-16)20(30)21(22,23)24/h2-6,16,18H,7-15H2,1H3,(H,25,29). The van der Waals surface area contributed by atoms with Crippen molar-refractivity contribution in [1.29, 1.82) is 0 Å². The van der Waals surface area contributed by atoms with Crippen LogP contribution in [0, 0.1) is 5.92 Å². The summed E-state index contributed by atoms with van der Waals surface area (Å²) in [4.78, 5) is 29.7. The topological polar surface area (TPSA) is 55.9 Å². The number of hydrogen-bond acceptors (Lipinski definition) is 4. The number of halogens is 3. The third kappa shape index (κ3) is 5.72. The molecule has 3 rings (SSSR count). The van der Waals surface area contributed by atoms with E-state index in [0.717, 1.165) is 36.6 Å². The number of carbonyl (C=O) groups excluding carboxylic acids is 2. The molecule has 166 valence electrons. The van der Waals surface area contributed by atoms with E-state index in [1.165, 1.54) is 0 Å². The fourth-order valence-electron chi connectivity index (χ4n) is 4.10. The molecule has 9 heteroatoms. The van der Waals surface area contributed by atoms with Crippen molar-refractivity contribution in [3.05, 3.63) is 35.9 Å². The normalized spacial score (nSPS) is 20.7. The van der Waals surface area contributed by atoms with Crippen LogP contribution in [0.5, 0.6) is 0 Å². The Labute approximate surface area is 175 Å². The monoisotopic (exact) mass is 426 g/mol. The van der Waals surface area contributed by atoms with Gasteiger partial charge in [0.1, 0.15) is 6.04 Å². The van der Waals surface area contributed by atoms with Crippen molar-refractivity contribution < 1.29 is 22.8 Å². The van der Waals surface area contributed by atoms with E-state index >= 15 is 0 Å². The van der Waals surface area contributed by atoms with Gasteiger partial charge in [-0.1, -0.05) is 30.3 Å².